The van der Waals surface area contributed by atoms with Crippen LogP contribution in [0.2, 0.25) is 0 Å². The number of carboxylic acid groups (broad SMARTS) is 1. The molecule has 0 bridgehead atoms. The van der Waals surface area contributed by atoms with Gasteiger partial charge in [0.05, 0.1) is 30.0 Å². The highest BCUT2D eigenvalue weighted by atomic mass is 32.1. The number of carbonyl (C=O) groups is 1. The van der Waals surface area contributed by atoms with Crippen LogP contribution in [0.4, 0.5) is 5.13 Å². The van der Waals surface area contributed by atoms with Crippen molar-refractivity contribution in [1.82, 2.24) is 9.97 Å². The summed E-state index contributed by atoms with van der Waals surface area (Å²) >= 11 is 1.49. The fraction of sp³-hybridized carbons (Fsp3) is 0.136. The molecular formula is C22H19N3O5S. The van der Waals surface area contributed by atoms with Crippen LogP contribution in [-0.4, -0.2) is 35.3 Å². The number of aromatic carboxylic acids is 1. The molecule has 4 rings (SSSR count). The van der Waals surface area contributed by atoms with Crippen molar-refractivity contribution < 1.29 is 24.1 Å². The molecule has 2 heterocycles. The third-order valence-electron chi connectivity index (χ3n) is 4.49. The van der Waals surface area contributed by atoms with E-state index in [0.29, 0.717) is 18.0 Å². The smallest absolute Gasteiger partial charge is 0.354 e. The predicted molar refractivity (Wildman–Crippen MR) is 118 cm³/mol. The monoisotopic (exact) mass is 437 g/mol. The minimum atomic E-state index is -1.11. The van der Waals surface area contributed by atoms with Gasteiger partial charge in [0.25, 0.3) is 0 Å². The first-order valence-electron chi connectivity index (χ1n) is 9.29. The van der Waals surface area contributed by atoms with E-state index in [2.05, 4.69) is 15.3 Å². The Labute approximate surface area is 182 Å². The molecule has 0 amide bonds. The summed E-state index contributed by atoms with van der Waals surface area (Å²) in [5.41, 5.74) is 1.66. The van der Waals surface area contributed by atoms with Crippen molar-refractivity contribution in [3.8, 4) is 23.0 Å². The summed E-state index contributed by atoms with van der Waals surface area (Å²) in [6.45, 7) is 0.491. The maximum atomic E-state index is 11.1. The molecule has 8 nitrogen and oxygen atoms in total. The maximum absolute atomic E-state index is 11.1. The normalized spacial score (nSPS) is 10.6. The van der Waals surface area contributed by atoms with E-state index in [4.69, 9.17) is 19.3 Å². The number of nitrogens with zero attached hydrogens (tertiary/aromatic N) is 2. The van der Waals surface area contributed by atoms with Crippen molar-refractivity contribution in [3.63, 3.8) is 0 Å². The molecule has 2 N–H and O–H groups in total. The van der Waals surface area contributed by atoms with E-state index in [-0.39, 0.29) is 5.69 Å². The van der Waals surface area contributed by atoms with Crippen molar-refractivity contribution in [3.05, 3.63) is 66.0 Å². The number of rotatable bonds is 8. The topological polar surface area (TPSA) is 103 Å². The molecule has 158 valence electrons. The van der Waals surface area contributed by atoms with Crippen LogP contribution in [0.15, 0.2) is 54.7 Å². The van der Waals surface area contributed by atoms with E-state index < -0.39 is 5.97 Å². The molecule has 0 aliphatic heterocycles. The highest BCUT2D eigenvalue weighted by molar-refractivity contribution is 7.22. The van der Waals surface area contributed by atoms with Gasteiger partial charge in [-0.2, -0.15) is 0 Å². The minimum Gasteiger partial charge on any atom is -0.496 e. The first-order valence-corrected chi connectivity index (χ1v) is 10.1. The number of carboxylic acids is 1. The van der Waals surface area contributed by atoms with E-state index in [1.807, 2.05) is 30.3 Å². The lowest BCUT2D eigenvalue weighted by Gasteiger charge is -2.13. The van der Waals surface area contributed by atoms with Gasteiger partial charge in [-0.3, -0.25) is 0 Å². The van der Waals surface area contributed by atoms with Crippen LogP contribution in [0.1, 0.15) is 16.1 Å². The Morgan fingerprint density at radius 1 is 1.06 bits per heavy atom. The van der Waals surface area contributed by atoms with Gasteiger partial charge in [0.2, 0.25) is 0 Å². The van der Waals surface area contributed by atoms with Crippen molar-refractivity contribution >= 4 is 32.7 Å². The fourth-order valence-corrected chi connectivity index (χ4v) is 3.93. The molecule has 0 unspecified atom stereocenters. The van der Waals surface area contributed by atoms with Gasteiger partial charge in [-0.25, -0.2) is 14.8 Å². The second-order valence-corrected chi connectivity index (χ2v) is 7.46. The van der Waals surface area contributed by atoms with Gasteiger partial charge in [0.15, 0.2) is 10.8 Å². The lowest BCUT2D eigenvalue weighted by Crippen LogP contribution is -2.03. The molecule has 0 radical (unpaired) electrons. The van der Waals surface area contributed by atoms with Gasteiger partial charge in [0, 0.05) is 24.9 Å². The number of hydrogen-bond acceptors (Lipinski definition) is 8. The Balaban J connectivity index is 1.52. The van der Waals surface area contributed by atoms with Crippen LogP contribution in [0, 0.1) is 0 Å². The Morgan fingerprint density at radius 2 is 1.81 bits per heavy atom. The second-order valence-electron chi connectivity index (χ2n) is 6.43. The lowest BCUT2D eigenvalue weighted by molar-refractivity contribution is 0.0690. The van der Waals surface area contributed by atoms with Gasteiger partial charge in [-0.15, -0.1) is 0 Å². The van der Waals surface area contributed by atoms with Crippen molar-refractivity contribution in [2.75, 3.05) is 19.5 Å². The number of anilines is 1. The summed E-state index contributed by atoms with van der Waals surface area (Å²) in [6.07, 6.45) is 1.40. The van der Waals surface area contributed by atoms with E-state index in [9.17, 15) is 4.79 Å². The van der Waals surface area contributed by atoms with Crippen LogP contribution >= 0.6 is 11.3 Å². The molecule has 0 saturated carbocycles. The summed E-state index contributed by atoms with van der Waals surface area (Å²) < 4.78 is 17.6. The summed E-state index contributed by atoms with van der Waals surface area (Å²) in [7, 11) is 3.25. The highest BCUT2D eigenvalue weighted by Crippen LogP contribution is 2.33. The molecular weight excluding hydrogens is 418 g/mol. The average molecular weight is 437 g/mol. The number of aromatic nitrogens is 2. The Kier molecular flexibility index (Phi) is 5.85. The zero-order valence-corrected chi connectivity index (χ0v) is 17.6. The summed E-state index contributed by atoms with van der Waals surface area (Å²) in [5.74, 6) is 1.35. The van der Waals surface area contributed by atoms with E-state index >= 15 is 0 Å². The molecule has 0 atom stereocenters. The van der Waals surface area contributed by atoms with Gasteiger partial charge < -0.3 is 24.6 Å². The molecule has 0 spiro atoms. The first kappa shape index (κ1) is 20.4. The summed E-state index contributed by atoms with van der Waals surface area (Å²) in [4.78, 5) is 19.5. The summed E-state index contributed by atoms with van der Waals surface area (Å²) in [5, 5.41) is 13.1. The SMILES string of the molecule is COc1cccc(OC)c1CNc1nc2ccc(Oc3ccnc(C(=O)O)c3)cc2s1. The molecule has 2 aromatic carbocycles. The number of fused-ring (bicyclic) bond motifs is 1. The van der Waals surface area contributed by atoms with Crippen LogP contribution in [-0.2, 0) is 6.54 Å². The number of nitrogens with one attached hydrogen (secondary N) is 1. The van der Waals surface area contributed by atoms with Gasteiger partial charge in [-0.05, 0) is 30.3 Å². The first-order chi connectivity index (χ1) is 15.1. The lowest BCUT2D eigenvalue weighted by atomic mass is 10.1. The molecule has 9 heteroatoms. The van der Waals surface area contributed by atoms with E-state index in [1.165, 1.54) is 23.6 Å². The fourth-order valence-electron chi connectivity index (χ4n) is 3.04. The van der Waals surface area contributed by atoms with Gasteiger partial charge in [-0.1, -0.05) is 17.4 Å². The number of hydrogen-bond donors (Lipinski definition) is 2. The average Bonchev–Trinajstić information content (AvgIpc) is 3.19. The predicted octanol–water partition coefficient (Wildman–Crippen LogP) is 4.81. The molecule has 0 saturated heterocycles. The van der Waals surface area contributed by atoms with Crippen molar-refractivity contribution in [2.24, 2.45) is 0 Å². The van der Waals surface area contributed by atoms with Gasteiger partial charge >= 0.3 is 5.97 Å². The molecule has 2 aromatic heterocycles. The number of thiazole rings is 1. The van der Waals surface area contributed by atoms with E-state index in [1.54, 1.807) is 26.4 Å². The minimum absolute atomic E-state index is 0.0744. The molecule has 0 fully saturated rings. The van der Waals surface area contributed by atoms with Crippen LogP contribution in [0.5, 0.6) is 23.0 Å². The zero-order valence-electron chi connectivity index (χ0n) is 16.8. The van der Waals surface area contributed by atoms with Crippen molar-refractivity contribution in [1.29, 1.82) is 0 Å². The number of ether oxygens (including phenoxy) is 3. The van der Waals surface area contributed by atoms with Crippen LogP contribution < -0.4 is 19.5 Å². The third-order valence-corrected chi connectivity index (χ3v) is 5.47. The van der Waals surface area contributed by atoms with Crippen molar-refractivity contribution in [2.45, 2.75) is 6.54 Å². The summed E-state index contributed by atoms with van der Waals surface area (Å²) in [6, 6.07) is 14.1. The Hall–Kier alpha value is -3.85. The zero-order chi connectivity index (χ0) is 21.8. The second kappa shape index (κ2) is 8.88. The Bertz CT molecular complexity index is 1220. The molecule has 31 heavy (non-hydrogen) atoms. The highest BCUT2D eigenvalue weighted by Gasteiger charge is 2.12. The molecule has 0 aliphatic carbocycles. The molecule has 0 aliphatic rings. The number of pyridine rings is 1. The largest absolute Gasteiger partial charge is 0.496 e. The Morgan fingerprint density at radius 3 is 2.52 bits per heavy atom. The maximum Gasteiger partial charge on any atom is 0.354 e. The molecule has 4 aromatic rings. The number of methoxy groups -OCH3 is 2. The van der Waals surface area contributed by atoms with E-state index in [0.717, 1.165) is 32.4 Å². The standard InChI is InChI=1S/C22H19N3O5S/c1-28-18-4-3-5-19(29-2)15(18)12-24-22-25-16-7-6-13(11-20(16)31-22)30-14-8-9-23-17(10-14)21(26)27/h3-11H,12H2,1-2H3,(H,24,25)(H,26,27). The third kappa shape index (κ3) is 4.51. The van der Waals surface area contributed by atoms with Crippen LogP contribution in [0.25, 0.3) is 10.2 Å². The van der Waals surface area contributed by atoms with Crippen LogP contribution in [0.3, 0.4) is 0 Å². The number of benzene rings is 2. The quantitative estimate of drug-likeness (QED) is 0.405. The van der Waals surface area contributed by atoms with Gasteiger partial charge in [0.1, 0.15) is 23.0 Å².